The van der Waals surface area contributed by atoms with Gasteiger partial charge in [-0.05, 0) is 37.3 Å². The SMILES string of the molecule is CCOC(=O)c1ccc(Nc2ccc(OC)cc2OC)c(N)c1. The molecule has 3 N–H and O–H groups in total. The van der Waals surface area contributed by atoms with Crippen molar-refractivity contribution in [3.63, 3.8) is 0 Å². The van der Waals surface area contributed by atoms with Gasteiger partial charge < -0.3 is 25.3 Å². The van der Waals surface area contributed by atoms with Gasteiger partial charge in [-0.25, -0.2) is 4.79 Å². The van der Waals surface area contributed by atoms with E-state index in [0.717, 1.165) is 5.69 Å². The Balaban J connectivity index is 2.25. The van der Waals surface area contributed by atoms with Crippen molar-refractivity contribution in [1.29, 1.82) is 0 Å². The summed E-state index contributed by atoms with van der Waals surface area (Å²) in [6, 6.07) is 10.4. The second-order valence-electron chi connectivity index (χ2n) is 4.71. The van der Waals surface area contributed by atoms with Gasteiger partial charge in [0.1, 0.15) is 11.5 Å². The van der Waals surface area contributed by atoms with Gasteiger partial charge in [-0.1, -0.05) is 0 Å². The number of hydrogen-bond donors (Lipinski definition) is 2. The van der Waals surface area contributed by atoms with Crippen molar-refractivity contribution >= 4 is 23.0 Å². The zero-order chi connectivity index (χ0) is 16.8. The fourth-order valence-corrected chi connectivity index (χ4v) is 2.06. The molecule has 2 aromatic carbocycles. The molecular weight excluding hydrogens is 296 g/mol. The maximum absolute atomic E-state index is 11.7. The fraction of sp³-hybridized carbons (Fsp3) is 0.235. The summed E-state index contributed by atoms with van der Waals surface area (Å²) in [7, 11) is 3.17. The molecule has 0 heterocycles. The topological polar surface area (TPSA) is 82.8 Å². The van der Waals surface area contributed by atoms with Crippen LogP contribution >= 0.6 is 0 Å². The number of carbonyl (C=O) groups is 1. The molecule has 0 saturated carbocycles. The molecule has 0 radical (unpaired) electrons. The van der Waals surface area contributed by atoms with Crippen LogP contribution in [-0.4, -0.2) is 26.8 Å². The molecule has 0 aliphatic carbocycles. The molecular formula is C17H20N2O4. The quantitative estimate of drug-likeness (QED) is 0.629. The summed E-state index contributed by atoms with van der Waals surface area (Å²) in [5.74, 6) is 0.920. The average Bonchev–Trinajstić information content (AvgIpc) is 2.57. The maximum atomic E-state index is 11.7. The Labute approximate surface area is 135 Å². The molecule has 0 aliphatic rings. The second kappa shape index (κ2) is 7.40. The smallest absolute Gasteiger partial charge is 0.338 e. The molecule has 0 spiro atoms. The normalized spacial score (nSPS) is 10.0. The van der Waals surface area contributed by atoms with Gasteiger partial charge in [0.2, 0.25) is 0 Å². The Morgan fingerprint density at radius 2 is 1.83 bits per heavy atom. The van der Waals surface area contributed by atoms with Crippen LogP contribution in [-0.2, 0) is 4.74 Å². The van der Waals surface area contributed by atoms with E-state index in [1.165, 1.54) is 0 Å². The van der Waals surface area contributed by atoms with Crippen molar-refractivity contribution in [3.8, 4) is 11.5 Å². The highest BCUT2D eigenvalue weighted by atomic mass is 16.5. The largest absolute Gasteiger partial charge is 0.497 e. The third-order valence-electron chi connectivity index (χ3n) is 3.24. The van der Waals surface area contributed by atoms with Gasteiger partial charge in [-0.2, -0.15) is 0 Å². The first-order chi connectivity index (χ1) is 11.1. The van der Waals surface area contributed by atoms with Gasteiger partial charge in [-0.3, -0.25) is 0 Å². The third kappa shape index (κ3) is 3.85. The fourth-order valence-electron chi connectivity index (χ4n) is 2.06. The lowest BCUT2D eigenvalue weighted by Gasteiger charge is -2.14. The molecule has 122 valence electrons. The Bertz CT molecular complexity index is 701. The molecule has 0 unspecified atom stereocenters. The predicted molar refractivity (Wildman–Crippen MR) is 89.6 cm³/mol. The molecule has 0 atom stereocenters. The second-order valence-corrected chi connectivity index (χ2v) is 4.71. The van der Waals surface area contributed by atoms with E-state index in [1.54, 1.807) is 45.4 Å². The van der Waals surface area contributed by atoms with Crippen LogP contribution in [0, 0.1) is 0 Å². The number of anilines is 3. The van der Waals surface area contributed by atoms with Crippen LogP contribution < -0.4 is 20.5 Å². The molecule has 0 amide bonds. The number of benzene rings is 2. The first-order valence-electron chi connectivity index (χ1n) is 7.14. The lowest BCUT2D eigenvalue weighted by Crippen LogP contribution is -2.06. The highest BCUT2D eigenvalue weighted by Gasteiger charge is 2.11. The minimum atomic E-state index is -0.396. The third-order valence-corrected chi connectivity index (χ3v) is 3.24. The molecule has 6 heteroatoms. The van der Waals surface area contributed by atoms with Gasteiger partial charge in [0.15, 0.2) is 0 Å². The minimum absolute atomic E-state index is 0.321. The van der Waals surface area contributed by atoms with Gasteiger partial charge in [0.05, 0.1) is 43.5 Å². The number of esters is 1. The first-order valence-corrected chi connectivity index (χ1v) is 7.14. The van der Waals surface area contributed by atoms with E-state index >= 15 is 0 Å². The van der Waals surface area contributed by atoms with Crippen molar-refractivity contribution in [2.45, 2.75) is 6.92 Å². The number of carbonyl (C=O) groups excluding carboxylic acids is 1. The van der Waals surface area contributed by atoms with E-state index in [2.05, 4.69) is 5.32 Å². The number of nitrogens with two attached hydrogens (primary N) is 1. The average molecular weight is 316 g/mol. The maximum Gasteiger partial charge on any atom is 0.338 e. The summed E-state index contributed by atoms with van der Waals surface area (Å²) in [6.07, 6.45) is 0. The van der Waals surface area contributed by atoms with E-state index in [0.29, 0.717) is 35.0 Å². The Kier molecular flexibility index (Phi) is 5.30. The number of methoxy groups -OCH3 is 2. The molecule has 2 rings (SSSR count). The number of nitrogen functional groups attached to an aromatic ring is 1. The first kappa shape index (κ1) is 16.5. The van der Waals surface area contributed by atoms with Crippen LogP contribution in [0.5, 0.6) is 11.5 Å². The van der Waals surface area contributed by atoms with E-state index < -0.39 is 5.97 Å². The molecule has 0 aliphatic heterocycles. The Morgan fingerprint density at radius 3 is 2.43 bits per heavy atom. The summed E-state index contributed by atoms with van der Waals surface area (Å²) in [5, 5.41) is 3.18. The van der Waals surface area contributed by atoms with Crippen molar-refractivity contribution < 1.29 is 19.0 Å². The van der Waals surface area contributed by atoms with Crippen molar-refractivity contribution in [1.82, 2.24) is 0 Å². The lowest BCUT2D eigenvalue weighted by molar-refractivity contribution is 0.0526. The molecule has 6 nitrogen and oxygen atoms in total. The highest BCUT2D eigenvalue weighted by Crippen LogP contribution is 2.33. The summed E-state index contributed by atoms with van der Waals surface area (Å²) in [5.41, 5.74) is 8.27. The number of hydrogen-bond acceptors (Lipinski definition) is 6. The summed E-state index contributed by atoms with van der Waals surface area (Å²) < 4.78 is 15.5. The lowest BCUT2D eigenvalue weighted by atomic mass is 10.1. The Morgan fingerprint density at radius 1 is 1.09 bits per heavy atom. The van der Waals surface area contributed by atoms with Crippen LogP contribution in [0.25, 0.3) is 0 Å². The van der Waals surface area contributed by atoms with Crippen LogP contribution in [0.2, 0.25) is 0 Å². The molecule has 0 fully saturated rings. The van der Waals surface area contributed by atoms with E-state index in [1.807, 2.05) is 12.1 Å². The zero-order valence-corrected chi connectivity index (χ0v) is 13.4. The molecule has 0 bridgehead atoms. The zero-order valence-electron chi connectivity index (χ0n) is 13.4. The van der Waals surface area contributed by atoms with Crippen LogP contribution in [0.15, 0.2) is 36.4 Å². The summed E-state index contributed by atoms with van der Waals surface area (Å²) in [6.45, 7) is 2.08. The number of rotatable bonds is 6. The van der Waals surface area contributed by atoms with Gasteiger partial charge in [-0.15, -0.1) is 0 Å². The molecule has 0 aromatic heterocycles. The van der Waals surface area contributed by atoms with E-state index in [9.17, 15) is 4.79 Å². The molecule has 2 aromatic rings. The van der Waals surface area contributed by atoms with E-state index in [-0.39, 0.29) is 0 Å². The number of nitrogens with one attached hydrogen (secondary N) is 1. The summed E-state index contributed by atoms with van der Waals surface area (Å²) >= 11 is 0. The molecule has 0 saturated heterocycles. The number of ether oxygens (including phenoxy) is 3. The Hall–Kier alpha value is -2.89. The summed E-state index contributed by atoms with van der Waals surface area (Å²) in [4.78, 5) is 11.7. The van der Waals surface area contributed by atoms with E-state index in [4.69, 9.17) is 19.9 Å². The standard InChI is InChI=1S/C17H20N2O4/c1-4-23-17(20)11-5-7-14(13(18)9-11)19-15-8-6-12(21-2)10-16(15)22-3/h5-10,19H,4,18H2,1-3H3. The van der Waals surface area contributed by atoms with Gasteiger partial charge in [0, 0.05) is 6.07 Å². The highest BCUT2D eigenvalue weighted by molar-refractivity contribution is 5.92. The van der Waals surface area contributed by atoms with Crippen LogP contribution in [0.3, 0.4) is 0 Å². The van der Waals surface area contributed by atoms with Crippen molar-refractivity contribution in [2.75, 3.05) is 31.9 Å². The van der Waals surface area contributed by atoms with Crippen LogP contribution in [0.4, 0.5) is 17.1 Å². The molecule has 23 heavy (non-hydrogen) atoms. The van der Waals surface area contributed by atoms with Crippen LogP contribution in [0.1, 0.15) is 17.3 Å². The minimum Gasteiger partial charge on any atom is -0.497 e. The van der Waals surface area contributed by atoms with Gasteiger partial charge >= 0.3 is 5.97 Å². The van der Waals surface area contributed by atoms with Crippen molar-refractivity contribution in [2.24, 2.45) is 0 Å². The van der Waals surface area contributed by atoms with Crippen molar-refractivity contribution in [3.05, 3.63) is 42.0 Å². The predicted octanol–water partition coefficient (Wildman–Crippen LogP) is 3.21. The van der Waals surface area contributed by atoms with Gasteiger partial charge in [0.25, 0.3) is 0 Å². The monoisotopic (exact) mass is 316 g/mol.